The summed E-state index contributed by atoms with van der Waals surface area (Å²) in [7, 11) is 5.81. The summed E-state index contributed by atoms with van der Waals surface area (Å²) in [5, 5.41) is 13.3. The fraction of sp³-hybridized carbons (Fsp3) is 0.743. The second-order valence-corrected chi connectivity index (χ2v) is 13.5. The van der Waals surface area contributed by atoms with Crippen molar-refractivity contribution in [3.63, 3.8) is 0 Å². The molecule has 1 aromatic carbocycles. The van der Waals surface area contributed by atoms with Gasteiger partial charge in [-0.25, -0.2) is 0 Å². The lowest BCUT2D eigenvalue weighted by molar-refractivity contribution is -0.132. The first kappa shape index (κ1) is 36.8. The molecule has 1 aliphatic carbocycles. The van der Waals surface area contributed by atoms with Crippen LogP contribution in [0.2, 0.25) is 0 Å². The number of aliphatic hydroxyl groups is 1. The molecule has 1 fully saturated rings. The zero-order valence-corrected chi connectivity index (χ0v) is 28.6. The van der Waals surface area contributed by atoms with E-state index in [4.69, 9.17) is 9.47 Å². The lowest BCUT2D eigenvalue weighted by atomic mass is 9.88. The maximum absolute atomic E-state index is 14.3. The van der Waals surface area contributed by atoms with Crippen LogP contribution >= 0.6 is 0 Å². The predicted octanol–water partition coefficient (Wildman–Crippen LogP) is 4.80. The van der Waals surface area contributed by atoms with Crippen molar-refractivity contribution >= 4 is 23.4 Å². The van der Waals surface area contributed by atoms with Crippen LogP contribution in [0, 0.1) is 11.8 Å². The number of carbonyl (C=O) groups excluding carboxylic acids is 3. The van der Waals surface area contributed by atoms with E-state index in [2.05, 4.69) is 10.2 Å². The SMILES string of the molecule is C[C@@H]1CCCCO[C@@H](CN(C)C(=O)CCCN(C)C)[C@@H](C)CN([C@H](C)CO)C(=O)c2cc(NC(=O)C3CCCCC3)ccc2O1. The van der Waals surface area contributed by atoms with Crippen molar-refractivity contribution in [2.75, 3.05) is 59.3 Å². The molecule has 0 spiro atoms. The molecule has 254 valence electrons. The van der Waals surface area contributed by atoms with Gasteiger partial charge in [0, 0.05) is 50.7 Å². The molecule has 3 amide bonds. The third kappa shape index (κ3) is 11.6. The van der Waals surface area contributed by atoms with Gasteiger partial charge in [0.25, 0.3) is 5.91 Å². The van der Waals surface area contributed by atoms with E-state index in [1.807, 2.05) is 41.9 Å². The molecular weight excluding hydrogens is 572 g/mol. The van der Waals surface area contributed by atoms with E-state index in [0.29, 0.717) is 43.1 Å². The average molecular weight is 631 g/mol. The van der Waals surface area contributed by atoms with Gasteiger partial charge < -0.3 is 34.6 Å². The molecule has 2 aliphatic rings. The first-order valence-corrected chi connectivity index (χ1v) is 17.0. The van der Waals surface area contributed by atoms with Crippen molar-refractivity contribution in [3.8, 4) is 5.75 Å². The van der Waals surface area contributed by atoms with E-state index >= 15 is 0 Å². The number of hydrogen-bond acceptors (Lipinski definition) is 7. The molecule has 2 N–H and O–H groups in total. The Kier molecular flexibility index (Phi) is 15.1. The molecular formula is C35H58N4O6. The molecule has 4 atom stereocenters. The van der Waals surface area contributed by atoms with Gasteiger partial charge in [0.1, 0.15) is 5.75 Å². The van der Waals surface area contributed by atoms with E-state index in [0.717, 1.165) is 57.9 Å². The summed E-state index contributed by atoms with van der Waals surface area (Å²) in [6.45, 7) is 7.78. The molecule has 45 heavy (non-hydrogen) atoms. The molecule has 1 aliphatic heterocycles. The summed E-state index contributed by atoms with van der Waals surface area (Å²) in [6.07, 6.45) is 8.43. The highest BCUT2D eigenvalue weighted by molar-refractivity contribution is 6.00. The van der Waals surface area contributed by atoms with Gasteiger partial charge in [-0.15, -0.1) is 0 Å². The van der Waals surface area contributed by atoms with Crippen LogP contribution in [0.15, 0.2) is 18.2 Å². The number of nitrogens with one attached hydrogen (secondary N) is 1. The highest BCUT2D eigenvalue weighted by Gasteiger charge is 2.31. The normalized spacial score (nSPS) is 23.1. The van der Waals surface area contributed by atoms with Crippen LogP contribution in [0.5, 0.6) is 5.75 Å². The maximum atomic E-state index is 14.3. The smallest absolute Gasteiger partial charge is 0.258 e. The molecule has 1 heterocycles. The number of nitrogens with zero attached hydrogens (tertiary/aromatic N) is 3. The quantitative estimate of drug-likeness (QED) is 0.382. The van der Waals surface area contributed by atoms with Gasteiger partial charge in [0.15, 0.2) is 0 Å². The monoisotopic (exact) mass is 630 g/mol. The lowest BCUT2D eigenvalue weighted by Crippen LogP contribution is -2.48. The molecule has 0 saturated heterocycles. The van der Waals surface area contributed by atoms with Crippen molar-refractivity contribution in [2.45, 2.75) is 103 Å². The third-order valence-corrected chi connectivity index (χ3v) is 9.17. The molecule has 10 heteroatoms. The van der Waals surface area contributed by atoms with Crippen LogP contribution in [0.3, 0.4) is 0 Å². The van der Waals surface area contributed by atoms with Crippen molar-refractivity contribution in [2.24, 2.45) is 11.8 Å². The number of amides is 3. The summed E-state index contributed by atoms with van der Waals surface area (Å²) in [5.74, 6) is 0.127. The van der Waals surface area contributed by atoms with Crippen LogP contribution in [0.25, 0.3) is 0 Å². The molecule has 0 unspecified atom stereocenters. The Morgan fingerprint density at radius 1 is 1.07 bits per heavy atom. The summed E-state index contributed by atoms with van der Waals surface area (Å²) in [4.78, 5) is 45.8. The second-order valence-electron chi connectivity index (χ2n) is 13.5. The number of carbonyl (C=O) groups is 3. The lowest BCUT2D eigenvalue weighted by Gasteiger charge is -2.36. The van der Waals surface area contributed by atoms with Crippen molar-refractivity contribution in [1.29, 1.82) is 0 Å². The fourth-order valence-electron chi connectivity index (χ4n) is 6.18. The first-order chi connectivity index (χ1) is 21.5. The Hall–Kier alpha value is -2.69. The topological polar surface area (TPSA) is 112 Å². The third-order valence-electron chi connectivity index (χ3n) is 9.17. The Labute approximate surface area is 270 Å². The van der Waals surface area contributed by atoms with Crippen LogP contribution < -0.4 is 10.1 Å². The van der Waals surface area contributed by atoms with E-state index < -0.39 is 6.04 Å². The van der Waals surface area contributed by atoms with E-state index in [1.54, 1.807) is 28.0 Å². The summed E-state index contributed by atoms with van der Waals surface area (Å²) in [6, 6.07) is 4.83. The molecule has 0 bridgehead atoms. The number of rotatable bonds is 10. The zero-order chi connectivity index (χ0) is 32.9. The van der Waals surface area contributed by atoms with Crippen LogP contribution in [-0.2, 0) is 14.3 Å². The number of hydrogen-bond donors (Lipinski definition) is 2. The first-order valence-electron chi connectivity index (χ1n) is 17.0. The summed E-state index contributed by atoms with van der Waals surface area (Å²) in [5.41, 5.74) is 0.925. The number of likely N-dealkylation sites (N-methyl/N-ethyl adjacent to an activating group) is 1. The standard InChI is InChI=1S/C35H58N4O6/c1-25-22-39(26(2)24-40)35(43)30-21-29(36-34(42)28-14-8-7-9-15-28)17-18-31(30)45-27(3)13-10-11-20-44-32(25)23-38(6)33(41)16-12-19-37(4)5/h17-18,21,25-28,32,40H,7-16,19-20,22-24H2,1-6H3,(H,36,42)/t25-,26+,27+,32-/m0/s1. The average Bonchev–Trinajstić information content (AvgIpc) is 3.02. The number of fused-ring (bicyclic) bond motifs is 1. The minimum Gasteiger partial charge on any atom is -0.490 e. The van der Waals surface area contributed by atoms with Gasteiger partial charge in [-0.2, -0.15) is 0 Å². The van der Waals surface area contributed by atoms with Gasteiger partial charge in [0.2, 0.25) is 11.8 Å². The van der Waals surface area contributed by atoms with Gasteiger partial charge in [-0.1, -0.05) is 26.2 Å². The Bertz CT molecular complexity index is 1090. The number of aliphatic hydroxyl groups excluding tert-OH is 1. The number of benzene rings is 1. The Balaban J connectivity index is 1.87. The van der Waals surface area contributed by atoms with Crippen molar-refractivity contribution in [3.05, 3.63) is 23.8 Å². The minimum absolute atomic E-state index is 0.00754. The molecule has 0 radical (unpaired) electrons. The predicted molar refractivity (Wildman–Crippen MR) is 178 cm³/mol. The maximum Gasteiger partial charge on any atom is 0.258 e. The van der Waals surface area contributed by atoms with Gasteiger partial charge in [-0.3, -0.25) is 14.4 Å². The highest BCUT2D eigenvalue weighted by atomic mass is 16.5. The highest BCUT2D eigenvalue weighted by Crippen LogP contribution is 2.30. The zero-order valence-electron chi connectivity index (χ0n) is 28.6. The van der Waals surface area contributed by atoms with Crippen molar-refractivity contribution < 1.29 is 29.0 Å². The molecule has 10 nitrogen and oxygen atoms in total. The Morgan fingerprint density at radius 2 is 1.78 bits per heavy atom. The summed E-state index contributed by atoms with van der Waals surface area (Å²) >= 11 is 0. The van der Waals surface area contributed by atoms with Crippen LogP contribution in [0.4, 0.5) is 5.69 Å². The van der Waals surface area contributed by atoms with E-state index in [-0.39, 0.29) is 48.4 Å². The fourth-order valence-corrected chi connectivity index (χ4v) is 6.18. The van der Waals surface area contributed by atoms with Gasteiger partial charge in [0.05, 0.1) is 30.4 Å². The van der Waals surface area contributed by atoms with Gasteiger partial charge >= 0.3 is 0 Å². The Morgan fingerprint density at radius 3 is 2.47 bits per heavy atom. The minimum atomic E-state index is -0.468. The van der Waals surface area contributed by atoms with Crippen LogP contribution in [-0.4, -0.2) is 110 Å². The van der Waals surface area contributed by atoms with Crippen molar-refractivity contribution in [1.82, 2.24) is 14.7 Å². The second kappa shape index (κ2) is 18.5. The van der Waals surface area contributed by atoms with E-state index in [9.17, 15) is 19.5 Å². The molecule has 1 saturated carbocycles. The number of anilines is 1. The molecule has 3 rings (SSSR count). The van der Waals surface area contributed by atoms with Crippen LogP contribution in [0.1, 0.15) is 95.3 Å². The number of ether oxygens (including phenoxy) is 2. The largest absolute Gasteiger partial charge is 0.490 e. The molecule has 0 aromatic heterocycles. The summed E-state index contributed by atoms with van der Waals surface area (Å²) < 4.78 is 12.7. The molecule has 1 aromatic rings. The van der Waals surface area contributed by atoms with Gasteiger partial charge in [-0.05, 0) is 91.2 Å². The van der Waals surface area contributed by atoms with E-state index in [1.165, 1.54) is 6.42 Å².